The molecule has 3 heteroatoms. The van der Waals surface area contributed by atoms with Gasteiger partial charge < -0.3 is 14.9 Å². The smallest absolute Gasteiger partial charge is 0.0797 e. The normalized spacial score (nSPS) is 39.9. The van der Waals surface area contributed by atoms with Crippen LogP contribution in [0.5, 0.6) is 0 Å². The van der Waals surface area contributed by atoms with Crippen LogP contribution in [0.4, 0.5) is 0 Å². The zero-order valence-corrected chi connectivity index (χ0v) is 15.3. The zero-order valence-electron chi connectivity index (χ0n) is 15.3. The molecule has 0 radical (unpaired) electrons. The predicted octanol–water partition coefficient (Wildman–Crippen LogP) is 3.99. The number of aliphatic hydroxyl groups excluding tert-OH is 1. The second-order valence-corrected chi connectivity index (χ2v) is 8.52. The Balaban J connectivity index is 2.12. The summed E-state index contributed by atoms with van der Waals surface area (Å²) in [6, 6.07) is 0. The molecule has 2 rings (SSSR count). The quantitative estimate of drug-likeness (QED) is 0.664. The van der Waals surface area contributed by atoms with Gasteiger partial charge in [0.15, 0.2) is 0 Å². The molecule has 0 aromatic heterocycles. The first-order valence-corrected chi connectivity index (χ1v) is 8.91. The van der Waals surface area contributed by atoms with E-state index in [0.717, 1.165) is 37.7 Å². The Kier molecular flexibility index (Phi) is 5.16. The van der Waals surface area contributed by atoms with Gasteiger partial charge in [-0.3, -0.25) is 0 Å². The molecule has 0 spiro atoms. The molecule has 2 heterocycles. The first-order valence-electron chi connectivity index (χ1n) is 8.91. The summed E-state index contributed by atoms with van der Waals surface area (Å²) in [5.74, 6) is 0.400. The molecule has 2 saturated heterocycles. The van der Waals surface area contributed by atoms with Crippen LogP contribution >= 0.6 is 0 Å². The van der Waals surface area contributed by atoms with Crippen molar-refractivity contribution in [2.45, 2.75) is 89.6 Å². The lowest BCUT2D eigenvalue weighted by Crippen LogP contribution is -2.43. The zero-order chi connectivity index (χ0) is 17.5. The molecular weight excluding hydrogens is 288 g/mol. The van der Waals surface area contributed by atoms with E-state index in [1.165, 1.54) is 0 Å². The summed E-state index contributed by atoms with van der Waals surface area (Å²) >= 11 is 0. The molecule has 2 unspecified atom stereocenters. The van der Waals surface area contributed by atoms with Crippen LogP contribution in [-0.2, 0) is 4.74 Å². The third-order valence-electron chi connectivity index (χ3n) is 6.49. The molecule has 0 aromatic carbocycles. The van der Waals surface area contributed by atoms with E-state index < -0.39 is 11.7 Å². The van der Waals surface area contributed by atoms with Gasteiger partial charge in [0.1, 0.15) is 0 Å². The lowest BCUT2D eigenvalue weighted by Gasteiger charge is -2.43. The van der Waals surface area contributed by atoms with Crippen LogP contribution in [0.25, 0.3) is 0 Å². The number of hydrogen-bond acceptors (Lipinski definition) is 3. The number of rotatable bonds is 8. The number of hydrogen-bond donors (Lipinski definition) is 2. The lowest BCUT2D eigenvalue weighted by atomic mass is 9.59. The third kappa shape index (κ3) is 3.57. The van der Waals surface area contributed by atoms with Crippen molar-refractivity contribution in [3.63, 3.8) is 0 Å². The van der Waals surface area contributed by atoms with E-state index in [2.05, 4.69) is 27.0 Å². The molecule has 0 aliphatic carbocycles. The Morgan fingerprint density at radius 2 is 2.13 bits per heavy atom. The van der Waals surface area contributed by atoms with Crippen LogP contribution in [0.3, 0.4) is 0 Å². The molecule has 2 fully saturated rings. The van der Waals surface area contributed by atoms with Crippen molar-refractivity contribution in [1.82, 2.24) is 0 Å². The highest BCUT2D eigenvalue weighted by molar-refractivity contribution is 5.11. The van der Waals surface area contributed by atoms with Crippen molar-refractivity contribution < 1.29 is 14.9 Å². The Morgan fingerprint density at radius 3 is 2.70 bits per heavy atom. The van der Waals surface area contributed by atoms with Crippen molar-refractivity contribution in [2.75, 3.05) is 0 Å². The molecule has 0 aromatic rings. The number of fused-ring (bicyclic) bond motifs is 2. The fourth-order valence-electron chi connectivity index (χ4n) is 4.71. The summed E-state index contributed by atoms with van der Waals surface area (Å²) in [5.41, 5.74) is -0.0306. The van der Waals surface area contributed by atoms with Crippen LogP contribution in [0.2, 0.25) is 0 Å². The minimum Gasteiger partial charge on any atom is -0.389 e. The van der Waals surface area contributed by atoms with Crippen LogP contribution in [-0.4, -0.2) is 33.6 Å². The van der Waals surface area contributed by atoms with Crippen molar-refractivity contribution in [1.29, 1.82) is 0 Å². The Bertz CT molecular complexity index is 470. The minimum absolute atomic E-state index is 0.0562. The van der Waals surface area contributed by atoms with Gasteiger partial charge in [0, 0.05) is 0 Å². The monoisotopic (exact) mass is 322 g/mol. The molecule has 2 aliphatic rings. The maximum absolute atomic E-state index is 10.3. The van der Waals surface area contributed by atoms with E-state index >= 15 is 0 Å². The summed E-state index contributed by atoms with van der Waals surface area (Å²) in [6.07, 6.45) is 6.95. The standard InChI is InChI=1S/C20H34O3/c1-7-18(4,22)11-9-16-19(5,12-8-15(21)14(2)3)17-10-13-20(16,6)23-17/h7,15-17,21-22H,1-2,8-13H2,3-6H3/t15-,16?,17?,18+,19-,20+/m0/s1. The molecule has 2 N–H and O–H groups in total. The van der Waals surface area contributed by atoms with Crippen LogP contribution in [0, 0.1) is 11.3 Å². The van der Waals surface area contributed by atoms with E-state index in [-0.39, 0.29) is 17.1 Å². The maximum atomic E-state index is 10.3. The van der Waals surface area contributed by atoms with Crippen molar-refractivity contribution in [3.8, 4) is 0 Å². The van der Waals surface area contributed by atoms with Gasteiger partial charge in [0.25, 0.3) is 0 Å². The first kappa shape index (κ1) is 18.7. The lowest BCUT2D eigenvalue weighted by molar-refractivity contribution is -0.000276. The molecule has 2 bridgehead atoms. The van der Waals surface area contributed by atoms with Gasteiger partial charge in [-0.05, 0) is 70.6 Å². The Labute approximate surface area is 141 Å². The minimum atomic E-state index is -0.823. The van der Waals surface area contributed by atoms with Gasteiger partial charge in [0.2, 0.25) is 0 Å². The fraction of sp³-hybridized carbons (Fsp3) is 0.800. The summed E-state index contributed by atoms with van der Waals surface area (Å²) < 4.78 is 6.37. The summed E-state index contributed by atoms with van der Waals surface area (Å²) in [6.45, 7) is 15.8. The molecule has 0 saturated carbocycles. The average molecular weight is 322 g/mol. The Morgan fingerprint density at radius 1 is 1.48 bits per heavy atom. The molecule has 23 heavy (non-hydrogen) atoms. The SMILES string of the molecule is C=C[C@@](C)(O)CCC1[C@](C)(CC[C@H](O)C(=C)C)C2CC[C@@]1(C)O2. The van der Waals surface area contributed by atoms with Crippen LogP contribution in [0.1, 0.15) is 66.2 Å². The van der Waals surface area contributed by atoms with Crippen molar-refractivity contribution in [2.24, 2.45) is 11.3 Å². The van der Waals surface area contributed by atoms with Crippen molar-refractivity contribution in [3.05, 3.63) is 24.8 Å². The molecule has 6 atom stereocenters. The molecule has 132 valence electrons. The van der Waals surface area contributed by atoms with E-state index in [1.54, 1.807) is 6.08 Å². The summed E-state index contributed by atoms with van der Waals surface area (Å²) in [4.78, 5) is 0. The maximum Gasteiger partial charge on any atom is 0.0797 e. The number of ether oxygens (including phenoxy) is 1. The topological polar surface area (TPSA) is 49.7 Å². The second kappa shape index (κ2) is 6.34. The summed E-state index contributed by atoms with van der Waals surface area (Å²) in [5, 5.41) is 20.4. The highest BCUT2D eigenvalue weighted by atomic mass is 16.5. The highest BCUT2D eigenvalue weighted by Gasteiger charge is 2.62. The Hall–Kier alpha value is -0.640. The predicted molar refractivity (Wildman–Crippen MR) is 94.2 cm³/mol. The van der Waals surface area contributed by atoms with Gasteiger partial charge in [0.05, 0.1) is 23.4 Å². The molecule has 0 amide bonds. The summed E-state index contributed by atoms with van der Waals surface area (Å²) in [7, 11) is 0. The van der Waals surface area contributed by atoms with Crippen molar-refractivity contribution >= 4 is 0 Å². The third-order valence-corrected chi connectivity index (χ3v) is 6.49. The van der Waals surface area contributed by atoms with Gasteiger partial charge in [-0.2, -0.15) is 0 Å². The number of aliphatic hydroxyl groups is 2. The molecule has 2 aliphatic heterocycles. The van der Waals surface area contributed by atoms with Crippen LogP contribution < -0.4 is 0 Å². The second-order valence-electron chi connectivity index (χ2n) is 8.52. The van der Waals surface area contributed by atoms with E-state index in [9.17, 15) is 10.2 Å². The van der Waals surface area contributed by atoms with Gasteiger partial charge in [-0.15, -0.1) is 6.58 Å². The van der Waals surface area contributed by atoms with E-state index in [1.807, 2.05) is 13.8 Å². The first-order chi connectivity index (χ1) is 10.5. The highest BCUT2D eigenvalue weighted by Crippen LogP contribution is 2.61. The van der Waals surface area contributed by atoms with E-state index in [4.69, 9.17) is 4.74 Å². The molecular formula is C20H34O3. The largest absolute Gasteiger partial charge is 0.389 e. The fourth-order valence-corrected chi connectivity index (χ4v) is 4.71. The van der Waals surface area contributed by atoms with Gasteiger partial charge >= 0.3 is 0 Å². The molecule has 3 nitrogen and oxygen atoms in total. The van der Waals surface area contributed by atoms with Crippen LogP contribution in [0.15, 0.2) is 24.8 Å². The average Bonchev–Trinajstić information content (AvgIpc) is 2.96. The van der Waals surface area contributed by atoms with Gasteiger partial charge in [-0.25, -0.2) is 0 Å². The van der Waals surface area contributed by atoms with Gasteiger partial charge in [-0.1, -0.05) is 25.2 Å². The van der Waals surface area contributed by atoms with E-state index in [0.29, 0.717) is 12.3 Å².